The molecular weight excluding hydrogens is 546 g/mol. The Bertz CT molecular complexity index is 1490. The highest BCUT2D eigenvalue weighted by Crippen LogP contribution is 2.26. The predicted molar refractivity (Wildman–Crippen MR) is 168 cm³/mol. The summed E-state index contributed by atoms with van der Waals surface area (Å²) in [5.41, 5.74) is 2.36. The predicted octanol–water partition coefficient (Wildman–Crippen LogP) is 3.28. The summed E-state index contributed by atoms with van der Waals surface area (Å²) in [7, 11) is 5.47. The van der Waals surface area contributed by atoms with Gasteiger partial charge in [0, 0.05) is 44.4 Å². The summed E-state index contributed by atoms with van der Waals surface area (Å²) in [6, 6.07) is 5.35. The zero-order valence-electron chi connectivity index (χ0n) is 25.4. The van der Waals surface area contributed by atoms with E-state index < -0.39 is 6.04 Å². The van der Waals surface area contributed by atoms with Crippen molar-refractivity contribution in [3.63, 3.8) is 0 Å². The number of methoxy groups -OCH3 is 1. The van der Waals surface area contributed by atoms with E-state index in [1.165, 1.54) is 0 Å². The van der Waals surface area contributed by atoms with Crippen molar-refractivity contribution in [3.05, 3.63) is 42.1 Å². The lowest BCUT2D eigenvalue weighted by Gasteiger charge is -2.22. The van der Waals surface area contributed by atoms with Gasteiger partial charge < -0.3 is 30.5 Å². The largest absolute Gasteiger partial charge is 0.480 e. The van der Waals surface area contributed by atoms with Crippen molar-refractivity contribution < 1.29 is 14.3 Å². The van der Waals surface area contributed by atoms with E-state index in [2.05, 4.69) is 54.9 Å². The number of hydrogen-bond donors (Lipinski definition) is 4. The number of likely N-dealkylation sites (tertiary alicyclic amines) is 1. The average Bonchev–Trinajstić information content (AvgIpc) is 3.65. The molecule has 12 heteroatoms. The van der Waals surface area contributed by atoms with Crippen LogP contribution in [-0.2, 0) is 9.59 Å². The molecule has 1 aliphatic heterocycles. The van der Waals surface area contributed by atoms with Gasteiger partial charge in [-0.15, -0.1) is 5.10 Å². The molecule has 0 bridgehead atoms. The van der Waals surface area contributed by atoms with E-state index in [9.17, 15) is 9.59 Å². The molecule has 0 spiro atoms. The van der Waals surface area contributed by atoms with Crippen molar-refractivity contribution in [1.29, 1.82) is 0 Å². The number of carbonyl (C=O) groups is 2. The van der Waals surface area contributed by atoms with Crippen LogP contribution in [0.1, 0.15) is 44.6 Å². The van der Waals surface area contributed by atoms with Crippen molar-refractivity contribution in [2.75, 3.05) is 58.0 Å². The number of aromatic nitrogens is 4. The number of fused-ring (bicyclic) bond motifs is 1. The van der Waals surface area contributed by atoms with E-state index in [0.717, 1.165) is 36.0 Å². The van der Waals surface area contributed by atoms with Crippen molar-refractivity contribution in [2.24, 2.45) is 0 Å². The van der Waals surface area contributed by atoms with Crippen LogP contribution in [0.15, 0.2) is 36.5 Å². The Hall–Kier alpha value is -4.63. The van der Waals surface area contributed by atoms with Gasteiger partial charge in [-0.2, -0.15) is 4.98 Å². The highest BCUT2D eigenvalue weighted by molar-refractivity contribution is 5.93. The number of H-pyrrole nitrogens is 1. The Labute approximate surface area is 252 Å². The second-order valence-electron chi connectivity index (χ2n) is 10.6. The molecular formula is C31H41N9O3. The first-order chi connectivity index (χ1) is 20.9. The van der Waals surface area contributed by atoms with Gasteiger partial charge in [0.2, 0.25) is 23.6 Å². The number of nitrogens with one attached hydrogen (secondary N) is 4. The van der Waals surface area contributed by atoms with Gasteiger partial charge in [0.05, 0.1) is 29.8 Å². The zero-order valence-corrected chi connectivity index (χ0v) is 25.4. The number of unbranched alkanes of at least 4 members (excludes halogenated alkanes) is 1. The molecule has 43 heavy (non-hydrogen) atoms. The smallest absolute Gasteiger partial charge is 0.246 e. The number of hydrogen-bond acceptors (Lipinski definition) is 9. The molecule has 4 N–H and O–H groups in total. The molecule has 0 aliphatic carbocycles. The van der Waals surface area contributed by atoms with Crippen LogP contribution in [0.4, 0.5) is 17.5 Å². The molecule has 1 atom stereocenters. The highest BCUT2D eigenvalue weighted by Gasteiger charge is 2.32. The third kappa shape index (κ3) is 8.68. The van der Waals surface area contributed by atoms with E-state index in [0.29, 0.717) is 62.1 Å². The third-order valence-corrected chi connectivity index (χ3v) is 6.88. The van der Waals surface area contributed by atoms with E-state index in [1.54, 1.807) is 24.3 Å². The lowest BCUT2D eigenvalue weighted by Crippen LogP contribution is -2.45. The molecule has 0 unspecified atom stereocenters. The van der Waals surface area contributed by atoms with Gasteiger partial charge >= 0.3 is 0 Å². The highest BCUT2D eigenvalue weighted by atomic mass is 16.5. The molecule has 228 valence electrons. The number of ether oxygens (including phenoxy) is 1. The number of likely N-dealkylation sites (N-methyl/N-ethyl adjacent to an activating group) is 1. The number of aromatic amines is 1. The Morgan fingerprint density at radius 3 is 2.93 bits per heavy atom. The summed E-state index contributed by atoms with van der Waals surface area (Å²) >= 11 is 0. The topological polar surface area (TPSA) is 140 Å². The summed E-state index contributed by atoms with van der Waals surface area (Å²) in [6.45, 7) is 4.62. The fourth-order valence-electron chi connectivity index (χ4n) is 4.70. The number of rotatable bonds is 13. The first kappa shape index (κ1) is 31.3. The molecule has 1 fully saturated rings. The second-order valence-corrected chi connectivity index (χ2v) is 10.6. The van der Waals surface area contributed by atoms with Gasteiger partial charge in [-0.05, 0) is 58.0 Å². The van der Waals surface area contributed by atoms with E-state index >= 15 is 0 Å². The van der Waals surface area contributed by atoms with Gasteiger partial charge in [-0.25, -0.2) is 4.98 Å². The van der Waals surface area contributed by atoms with E-state index in [4.69, 9.17) is 4.74 Å². The van der Waals surface area contributed by atoms with Crippen LogP contribution in [0.5, 0.6) is 5.88 Å². The number of carbonyl (C=O) groups excluding carboxylic acids is 2. The average molecular weight is 588 g/mol. The standard InChI is InChI=1S/C31H41N9O3/c1-5-16-32-28-22(21-34-31(36-28)35-23-14-15-24-25(20-23)37-38-30(24)43-4)11-7-6-8-17-33-29(42)26-12-9-19-40(26)27(41)13-10-18-39(2)3/h10,13-15,20-21,26H,5-6,8-9,12,16-19H2,1-4H3,(H,33,42)(H,37,38)(H2,32,34,35,36)/t26-/m0/s1. The summed E-state index contributed by atoms with van der Waals surface area (Å²) in [5, 5.41) is 17.6. The van der Waals surface area contributed by atoms with Crippen LogP contribution in [0.25, 0.3) is 10.9 Å². The maximum absolute atomic E-state index is 12.8. The Kier molecular flexibility index (Phi) is 11.3. The molecule has 12 nitrogen and oxygen atoms in total. The van der Waals surface area contributed by atoms with Gasteiger partial charge in [-0.3, -0.25) is 14.7 Å². The molecule has 1 aliphatic rings. The molecule has 2 aromatic heterocycles. The van der Waals surface area contributed by atoms with Crippen LogP contribution in [-0.4, -0.2) is 95.2 Å². The van der Waals surface area contributed by atoms with Crippen molar-refractivity contribution in [1.82, 2.24) is 35.3 Å². The van der Waals surface area contributed by atoms with E-state index in [-0.39, 0.29) is 11.8 Å². The van der Waals surface area contributed by atoms with Crippen LogP contribution in [0.3, 0.4) is 0 Å². The second kappa shape index (κ2) is 15.6. The molecule has 2 amide bonds. The number of nitrogens with zero attached hydrogens (tertiary/aromatic N) is 5. The lowest BCUT2D eigenvalue weighted by atomic mass is 10.2. The fraction of sp³-hybridized carbons (Fsp3) is 0.452. The van der Waals surface area contributed by atoms with E-state index in [1.807, 2.05) is 43.3 Å². The third-order valence-electron chi connectivity index (χ3n) is 6.88. The lowest BCUT2D eigenvalue weighted by molar-refractivity contribution is -0.135. The first-order valence-corrected chi connectivity index (χ1v) is 14.7. The SMILES string of the molecule is CCCNc1nc(Nc2ccc3c(OC)n[nH]c3c2)ncc1C#CCCCNC(=O)[C@@H]1CCCN1C(=O)C=CCN(C)C. The van der Waals surface area contributed by atoms with Crippen molar-refractivity contribution >= 4 is 40.2 Å². The van der Waals surface area contributed by atoms with Crippen LogP contribution in [0.2, 0.25) is 0 Å². The molecule has 3 aromatic rings. The zero-order chi connectivity index (χ0) is 30.6. The van der Waals surface area contributed by atoms with Crippen LogP contribution in [0, 0.1) is 11.8 Å². The molecule has 0 saturated carbocycles. The molecule has 1 saturated heterocycles. The maximum atomic E-state index is 12.8. The normalized spacial score (nSPS) is 14.6. The molecule has 1 aromatic carbocycles. The Morgan fingerprint density at radius 1 is 1.28 bits per heavy atom. The van der Waals surface area contributed by atoms with Crippen molar-refractivity contribution in [3.8, 4) is 17.7 Å². The summed E-state index contributed by atoms with van der Waals surface area (Å²) in [4.78, 5) is 38.1. The quantitative estimate of drug-likeness (QED) is 0.135. The number of anilines is 3. The minimum absolute atomic E-state index is 0.104. The first-order valence-electron chi connectivity index (χ1n) is 14.7. The minimum atomic E-state index is -0.414. The maximum Gasteiger partial charge on any atom is 0.246 e. The van der Waals surface area contributed by atoms with Gasteiger partial charge in [-0.1, -0.05) is 24.8 Å². The fourth-order valence-corrected chi connectivity index (χ4v) is 4.70. The molecule has 3 heterocycles. The monoisotopic (exact) mass is 587 g/mol. The van der Waals surface area contributed by atoms with Crippen LogP contribution < -0.4 is 20.7 Å². The molecule has 4 rings (SSSR count). The number of benzene rings is 1. The van der Waals surface area contributed by atoms with Gasteiger partial charge in [0.15, 0.2) is 0 Å². The Morgan fingerprint density at radius 2 is 2.14 bits per heavy atom. The molecule has 0 radical (unpaired) electrons. The van der Waals surface area contributed by atoms with Crippen molar-refractivity contribution in [2.45, 2.75) is 45.1 Å². The van der Waals surface area contributed by atoms with Gasteiger partial charge in [0.1, 0.15) is 11.9 Å². The summed E-state index contributed by atoms with van der Waals surface area (Å²) in [6.07, 6.45) is 8.84. The Balaban J connectivity index is 1.29. The van der Waals surface area contributed by atoms with Gasteiger partial charge in [0.25, 0.3) is 0 Å². The minimum Gasteiger partial charge on any atom is -0.480 e. The summed E-state index contributed by atoms with van der Waals surface area (Å²) in [5.74, 6) is 7.79. The summed E-state index contributed by atoms with van der Waals surface area (Å²) < 4.78 is 5.26. The van der Waals surface area contributed by atoms with Crippen LogP contribution >= 0.6 is 0 Å². The number of amides is 2.